The van der Waals surface area contributed by atoms with Crippen molar-refractivity contribution in [3.8, 4) is 17.0 Å². The number of halogens is 3. The van der Waals surface area contributed by atoms with Gasteiger partial charge in [0.25, 0.3) is 0 Å². The standard InChI is InChI=1S/C26H27F3N2O2/c1-25(2,3)20-10-8-17(9-11-20)22-13-12-21(16-31-22)33-23(14-15-26(27,28)29)18-4-6-19(7-5-18)24(30)32/h4-13,16,23H,14-15H2,1-3H3,(H2,30,32). The lowest BCUT2D eigenvalue weighted by Crippen LogP contribution is -2.15. The van der Waals surface area contributed by atoms with Crippen molar-refractivity contribution in [3.63, 3.8) is 0 Å². The summed E-state index contributed by atoms with van der Waals surface area (Å²) in [4.78, 5) is 15.7. The molecule has 0 aliphatic carbocycles. The highest BCUT2D eigenvalue weighted by atomic mass is 19.4. The van der Waals surface area contributed by atoms with Gasteiger partial charge in [0.1, 0.15) is 11.9 Å². The number of benzene rings is 2. The molecule has 3 aromatic rings. The third-order valence-electron chi connectivity index (χ3n) is 5.32. The van der Waals surface area contributed by atoms with Crippen molar-refractivity contribution < 1.29 is 22.7 Å². The van der Waals surface area contributed by atoms with E-state index in [9.17, 15) is 18.0 Å². The maximum atomic E-state index is 12.9. The van der Waals surface area contributed by atoms with Crippen LogP contribution in [0.5, 0.6) is 5.75 Å². The number of nitrogens with zero attached hydrogens (tertiary/aromatic N) is 1. The summed E-state index contributed by atoms with van der Waals surface area (Å²) in [6, 6.07) is 17.6. The van der Waals surface area contributed by atoms with E-state index in [1.807, 2.05) is 12.1 Å². The fourth-order valence-electron chi connectivity index (χ4n) is 3.38. The zero-order valence-corrected chi connectivity index (χ0v) is 18.8. The Kier molecular flexibility index (Phi) is 7.10. The average molecular weight is 457 g/mol. The largest absolute Gasteiger partial charge is 0.484 e. The summed E-state index contributed by atoms with van der Waals surface area (Å²) < 4.78 is 44.4. The molecular weight excluding hydrogens is 429 g/mol. The third kappa shape index (κ3) is 6.81. The Balaban J connectivity index is 1.78. The maximum Gasteiger partial charge on any atom is 0.389 e. The van der Waals surface area contributed by atoms with Gasteiger partial charge < -0.3 is 10.5 Å². The van der Waals surface area contributed by atoms with E-state index in [-0.39, 0.29) is 17.4 Å². The van der Waals surface area contributed by atoms with Crippen molar-refractivity contribution in [2.75, 3.05) is 0 Å². The lowest BCUT2D eigenvalue weighted by atomic mass is 9.86. The molecule has 2 N–H and O–H groups in total. The summed E-state index contributed by atoms with van der Waals surface area (Å²) in [5, 5.41) is 0. The summed E-state index contributed by atoms with van der Waals surface area (Å²) in [6.07, 6.45) is -4.93. The topological polar surface area (TPSA) is 65.2 Å². The molecule has 0 saturated heterocycles. The molecule has 174 valence electrons. The van der Waals surface area contributed by atoms with Crippen molar-refractivity contribution in [1.82, 2.24) is 4.98 Å². The van der Waals surface area contributed by atoms with Gasteiger partial charge in [0, 0.05) is 17.5 Å². The number of amides is 1. The smallest absolute Gasteiger partial charge is 0.389 e. The van der Waals surface area contributed by atoms with E-state index in [2.05, 4.69) is 37.9 Å². The van der Waals surface area contributed by atoms with Crippen LogP contribution in [0, 0.1) is 0 Å². The van der Waals surface area contributed by atoms with Crippen LogP contribution >= 0.6 is 0 Å². The highest BCUT2D eigenvalue weighted by Gasteiger charge is 2.29. The second-order valence-corrected chi connectivity index (χ2v) is 8.95. The Hall–Kier alpha value is -3.35. The van der Waals surface area contributed by atoms with Crippen LogP contribution in [-0.2, 0) is 5.41 Å². The number of carbonyl (C=O) groups is 1. The maximum absolute atomic E-state index is 12.9. The molecular formula is C26H27F3N2O2. The SMILES string of the molecule is CC(C)(C)c1ccc(-c2ccc(OC(CCC(F)(F)F)c3ccc(C(N)=O)cc3)cn2)cc1. The third-order valence-corrected chi connectivity index (χ3v) is 5.32. The predicted octanol–water partition coefficient (Wildman–Crippen LogP) is 6.61. The number of ether oxygens (including phenoxy) is 1. The number of primary amides is 1. The van der Waals surface area contributed by atoms with Gasteiger partial charge in [0.15, 0.2) is 0 Å². The molecule has 0 aliphatic rings. The van der Waals surface area contributed by atoms with Crippen LogP contribution in [0.25, 0.3) is 11.3 Å². The highest BCUT2D eigenvalue weighted by molar-refractivity contribution is 5.92. The normalized spacial score (nSPS) is 12.9. The van der Waals surface area contributed by atoms with Gasteiger partial charge in [-0.2, -0.15) is 13.2 Å². The van der Waals surface area contributed by atoms with Crippen molar-refractivity contribution in [2.45, 2.75) is 51.3 Å². The van der Waals surface area contributed by atoms with E-state index in [0.29, 0.717) is 11.3 Å². The van der Waals surface area contributed by atoms with Crippen LogP contribution < -0.4 is 10.5 Å². The second-order valence-electron chi connectivity index (χ2n) is 8.95. The van der Waals surface area contributed by atoms with Gasteiger partial charge >= 0.3 is 6.18 Å². The number of rotatable bonds is 7. The van der Waals surface area contributed by atoms with E-state index in [0.717, 1.165) is 11.3 Å². The molecule has 1 unspecified atom stereocenters. The van der Waals surface area contributed by atoms with Crippen LogP contribution in [0.3, 0.4) is 0 Å². The second kappa shape index (κ2) is 9.65. The molecule has 4 nitrogen and oxygen atoms in total. The number of carbonyl (C=O) groups excluding carboxylic acids is 1. The molecule has 0 radical (unpaired) electrons. The zero-order chi connectivity index (χ0) is 24.2. The zero-order valence-electron chi connectivity index (χ0n) is 18.8. The first-order chi connectivity index (χ1) is 15.4. The molecule has 1 amide bonds. The van der Waals surface area contributed by atoms with Crippen molar-refractivity contribution in [1.29, 1.82) is 0 Å². The van der Waals surface area contributed by atoms with Crippen molar-refractivity contribution >= 4 is 5.91 Å². The van der Waals surface area contributed by atoms with Crippen molar-refractivity contribution in [3.05, 3.63) is 83.6 Å². The first kappa shape index (κ1) is 24.3. The van der Waals surface area contributed by atoms with Crippen LogP contribution in [0.2, 0.25) is 0 Å². The van der Waals surface area contributed by atoms with Gasteiger partial charge in [-0.1, -0.05) is 57.2 Å². The van der Waals surface area contributed by atoms with E-state index in [1.54, 1.807) is 24.3 Å². The molecule has 2 aromatic carbocycles. The van der Waals surface area contributed by atoms with E-state index in [4.69, 9.17) is 10.5 Å². The van der Waals surface area contributed by atoms with E-state index in [1.165, 1.54) is 23.9 Å². The van der Waals surface area contributed by atoms with Gasteiger partial charge in [0.2, 0.25) is 5.91 Å². The minimum atomic E-state index is -4.31. The van der Waals surface area contributed by atoms with Crippen LogP contribution in [0.15, 0.2) is 66.9 Å². The molecule has 1 atom stereocenters. The Bertz CT molecular complexity index is 1070. The number of nitrogens with two attached hydrogens (primary N) is 1. The summed E-state index contributed by atoms with van der Waals surface area (Å²) in [5.74, 6) is -0.249. The van der Waals surface area contributed by atoms with Crippen LogP contribution in [0.1, 0.15) is 61.2 Å². The molecule has 7 heteroatoms. The molecule has 0 bridgehead atoms. The summed E-state index contributed by atoms with van der Waals surface area (Å²) >= 11 is 0. The minimum Gasteiger partial charge on any atom is -0.484 e. The molecule has 3 rings (SSSR count). The van der Waals surface area contributed by atoms with Crippen LogP contribution in [-0.4, -0.2) is 17.1 Å². The predicted molar refractivity (Wildman–Crippen MR) is 122 cm³/mol. The lowest BCUT2D eigenvalue weighted by molar-refractivity contribution is -0.139. The Morgan fingerprint density at radius 1 is 0.970 bits per heavy atom. The fraction of sp³-hybridized carbons (Fsp3) is 0.308. The highest BCUT2D eigenvalue weighted by Crippen LogP contribution is 2.32. The van der Waals surface area contributed by atoms with E-state index >= 15 is 0 Å². The number of aromatic nitrogens is 1. The Morgan fingerprint density at radius 3 is 2.09 bits per heavy atom. The Labute approximate surface area is 191 Å². The fourth-order valence-corrected chi connectivity index (χ4v) is 3.38. The summed E-state index contributed by atoms with van der Waals surface area (Å²) in [6.45, 7) is 6.43. The summed E-state index contributed by atoms with van der Waals surface area (Å²) in [5.41, 5.74) is 8.97. The quantitative estimate of drug-likeness (QED) is 0.435. The Morgan fingerprint density at radius 2 is 1.61 bits per heavy atom. The summed E-state index contributed by atoms with van der Waals surface area (Å²) in [7, 11) is 0. The average Bonchev–Trinajstić information content (AvgIpc) is 2.76. The molecule has 0 fully saturated rings. The molecule has 33 heavy (non-hydrogen) atoms. The first-order valence-electron chi connectivity index (χ1n) is 10.6. The number of hydrogen-bond donors (Lipinski definition) is 1. The first-order valence-corrected chi connectivity index (χ1v) is 10.6. The molecule has 0 spiro atoms. The van der Waals surface area contributed by atoms with Gasteiger partial charge in [-0.3, -0.25) is 9.78 Å². The van der Waals surface area contributed by atoms with Crippen molar-refractivity contribution in [2.24, 2.45) is 5.73 Å². The van der Waals surface area contributed by atoms with Gasteiger partial charge in [-0.25, -0.2) is 0 Å². The van der Waals surface area contributed by atoms with Crippen LogP contribution in [0.4, 0.5) is 13.2 Å². The number of pyridine rings is 1. The molecule has 0 aliphatic heterocycles. The van der Waals surface area contributed by atoms with E-state index < -0.39 is 24.6 Å². The van der Waals surface area contributed by atoms with Gasteiger partial charge in [-0.15, -0.1) is 0 Å². The number of hydrogen-bond acceptors (Lipinski definition) is 3. The van der Waals surface area contributed by atoms with Gasteiger partial charge in [0.05, 0.1) is 11.9 Å². The molecule has 1 aromatic heterocycles. The minimum absolute atomic E-state index is 0.0464. The monoisotopic (exact) mass is 456 g/mol. The molecule has 1 heterocycles. The number of alkyl halides is 3. The lowest BCUT2D eigenvalue weighted by Gasteiger charge is -2.21. The van der Waals surface area contributed by atoms with Gasteiger partial charge in [-0.05, 0) is 47.2 Å². The molecule has 0 saturated carbocycles.